The van der Waals surface area contributed by atoms with Gasteiger partial charge in [-0.2, -0.15) is 0 Å². The third-order valence-electron chi connectivity index (χ3n) is 3.24. The molecule has 3 heteroatoms. The Hall–Kier alpha value is -2.29. The van der Waals surface area contributed by atoms with Crippen molar-refractivity contribution < 1.29 is 4.79 Å². The monoisotopic (exact) mass is 268 g/mol. The van der Waals surface area contributed by atoms with Gasteiger partial charge in [-0.1, -0.05) is 30.3 Å². The van der Waals surface area contributed by atoms with E-state index in [2.05, 4.69) is 5.32 Å². The highest BCUT2D eigenvalue weighted by molar-refractivity contribution is 5.94. The molecule has 0 bridgehead atoms. The second-order valence-electron chi connectivity index (χ2n) is 5.06. The molecule has 0 aromatic heterocycles. The molecule has 1 amide bonds. The van der Waals surface area contributed by atoms with E-state index >= 15 is 0 Å². The first-order valence-electron chi connectivity index (χ1n) is 6.69. The molecule has 104 valence electrons. The van der Waals surface area contributed by atoms with Gasteiger partial charge < -0.3 is 10.2 Å². The predicted octanol–water partition coefficient (Wildman–Crippen LogP) is 3.38. The minimum Gasteiger partial charge on any atom is -0.365 e. The Labute approximate surface area is 120 Å². The van der Waals surface area contributed by atoms with Crippen LogP contribution in [0.2, 0.25) is 0 Å². The van der Waals surface area contributed by atoms with Crippen molar-refractivity contribution in [3.8, 4) is 0 Å². The Bertz CT molecular complexity index is 593. The van der Waals surface area contributed by atoms with Gasteiger partial charge in [0.1, 0.15) is 0 Å². The van der Waals surface area contributed by atoms with Crippen LogP contribution < -0.4 is 10.2 Å². The molecule has 0 aliphatic carbocycles. The molecule has 1 N–H and O–H groups in total. The molecule has 3 nitrogen and oxygen atoms in total. The van der Waals surface area contributed by atoms with Crippen LogP contribution in [0, 0.1) is 13.8 Å². The minimum absolute atomic E-state index is 0.00921. The van der Waals surface area contributed by atoms with Crippen molar-refractivity contribution in [3.63, 3.8) is 0 Å². The first kappa shape index (κ1) is 14.1. The zero-order valence-corrected chi connectivity index (χ0v) is 12.2. The van der Waals surface area contributed by atoms with E-state index < -0.39 is 0 Å². The van der Waals surface area contributed by atoms with Crippen molar-refractivity contribution in [2.24, 2.45) is 0 Å². The highest BCUT2D eigenvalue weighted by atomic mass is 16.2. The van der Waals surface area contributed by atoms with Crippen molar-refractivity contribution in [2.45, 2.75) is 13.8 Å². The van der Waals surface area contributed by atoms with Crippen molar-refractivity contribution in [2.75, 3.05) is 23.8 Å². The van der Waals surface area contributed by atoms with Gasteiger partial charge in [0, 0.05) is 18.4 Å². The second-order valence-corrected chi connectivity index (χ2v) is 5.06. The lowest BCUT2D eigenvalue weighted by Gasteiger charge is -2.19. The molecular formula is C17H20N2O. The van der Waals surface area contributed by atoms with Gasteiger partial charge in [0.2, 0.25) is 5.91 Å². The summed E-state index contributed by atoms with van der Waals surface area (Å²) < 4.78 is 0. The summed E-state index contributed by atoms with van der Waals surface area (Å²) in [6, 6.07) is 15.9. The van der Waals surface area contributed by atoms with E-state index in [1.54, 1.807) is 0 Å². The molecule has 0 spiro atoms. The van der Waals surface area contributed by atoms with Crippen LogP contribution in [-0.4, -0.2) is 19.5 Å². The lowest BCUT2D eigenvalue weighted by molar-refractivity contribution is -0.114. The molecule has 0 aliphatic rings. The number of hydrogen-bond acceptors (Lipinski definition) is 2. The lowest BCUT2D eigenvalue weighted by Crippen LogP contribution is -2.30. The maximum atomic E-state index is 12.1. The summed E-state index contributed by atoms with van der Waals surface area (Å²) in [5.41, 5.74) is 4.13. The second kappa shape index (κ2) is 6.24. The number of benzene rings is 2. The van der Waals surface area contributed by atoms with Gasteiger partial charge in [0.05, 0.1) is 6.54 Å². The number of para-hydroxylation sites is 1. The van der Waals surface area contributed by atoms with E-state index in [4.69, 9.17) is 0 Å². The molecule has 20 heavy (non-hydrogen) atoms. The molecule has 2 rings (SSSR count). The molecular weight excluding hydrogens is 248 g/mol. The van der Waals surface area contributed by atoms with E-state index in [-0.39, 0.29) is 5.91 Å². The minimum atomic E-state index is -0.00921. The van der Waals surface area contributed by atoms with Crippen molar-refractivity contribution >= 4 is 17.3 Å². The standard InChI is InChI=1S/C17H20N2O/c1-13-9-10-14(2)16(11-13)18-17(20)12-19(3)15-7-5-4-6-8-15/h4-11H,12H2,1-3H3,(H,18,20). The molecule has 0 fully saturated rings. The molecule has 0 unspecified atom stereocenters. The molecule has 0 saturated heterocycles. The van der Waals surface area contributed by atoms with Gasteiger partial charge in [-0.15, -0.1) is 0 Å². The number of carbonyl (C=O) groups is 1. The van der Waals surface area contributed by atoms with Gasteiger partial charge in [-0.05, 0) is 43.2 Å². The number of likely N-dealkylation sites (N-methyl/N-ethyl adjacent to an activating group) is 1. The van der Waals surface area contributed by atoms with Crippen LogP contribution in [0.25, 0.3) is 0 Å². The quantitative estimate of drug-likeness (QED) is 0.922. The zero-order chi connectivity index (χ0) is 14.5. The first-order chi connectivity index (χ1) is 9.56. The number of hydrogen-bond donors (Lipinski definition) is 1. The molecule has 0 heterocycles. The van der Waals surface area contributed by atoms with Gasteiger partial charge in [-0.25, -0.2) is 0 Å². The summed E-state index contributed by atoms with van der Waals surface area (Å²) in [5.74, 6) is -0.00921. The van der Waals surface area contributed by atoms with Gasteiger partial charge in [0.25, 0.3) is 0 Å². The summed E-state index contributed by atoms with van der Waals surface area (Å²) in [6.07, 6.45) is 0. The fourth-order valence-electron chi connectivity index (χ4n) is 2.05. The lowest BCUT2D eigenvalue weighted by atomic mass is 10.1. The third-order valence-corrected chi connectivity index (χ3v) is 3.24. The third kappa shape index (κ3) is 3.60. The molecule has 0 radical (unpaired) electrons. The normalized spacial score (nSPS) is 10.2. The number of amides is 1. The van der Waals surface area contributed by atoms with Crippen molar-refractivity contribution in [3.05, 3.63) is 59.7 Å². The largest absolute Gasteiger partial charge is 0.365 e. The van der Waals surface area contributed by atoms with Crippen LogP contribution in [0.3, 0.4) is 0 Å². The number of aryl methyl sites for hydroxylation is 2. The van der Waals surface area contributed by atoms with Gasteiger partial charge in [0.15, 0.2) is 0 Å². The topological polar surface area (TPSA) is 32.3 Å². The molecule has 2 aromatic rings. The number of nitrogens with one attached hydrogen (secondary N) is 1. The van der Waals surface area contributed by atoms with Crippen LogP contribution in [0.5, 0.6) is 0 Å². The van der Waals surface area contributed by atoms with E-state index in [9.17, 15) is 4.79 Å². The van der Waals surface area contributed by atoms with Gasteiger partial charge in [-0.3, -0.25) is 4.79 Å². The van der Waals surface area contributed by atoms with E-state index in [0.29, 0.717) is 6.54 Å². The Kier molecular flexibility index (Phi) is 4.41. The summed E-state index contributed by atoms with van der Waals surface area (Å²) in [4.78, 5) is 14.0. The predicted molar refractivity (Wildman–Crippen MR) is 84.3 cm³/mol. The molecule has 0 saturated carbocycles. The first-order valence-corrected chi connectivity index (χ1v) is 6.69. The maximum absolute atomic E-state index is 12.1. The SMILES string of the molecule is Cc1ccc(C)c(NC(=O)CN(C)c2ccccc2)c1. The number of anilines is 2. The Morgan fingerprint density at radius 3 is 2.50 bits per heavy atom. The van der Waals surface area contributed by atoms with Crippen molar-refractivity contribution in [1.29, 1.82) is 0 Å². The summed E-state index contributed by atoms with van der Waals surface area (Å²) in [5, 5.41) is 2.97. The average Bonchev–Trinajstić information content (AvgIpc) is 2.43. The van der Waals surface area contributed by atoms with Crippen LogP contribution >= 0.6 is 0 Å². The molecule has 0 aliphatic heterocycles. The van der Waals surface area contributed by atoms with Crippen LogP contribution in [0.1, 0.15) is 11.1 Å². The average molecular weight is 268 g/mol. The smallest absolute Gasteiger partial charge is 0.243 e. The van der Waals surface area contributed by atoms with E-state index in [0.717, 1.165) is 22.5 Å². The fourth-order valence-corrected chi connectivity index (χ4v) is 2.05. The fraction of sp³-hybridized carbons (Fsp3) is 0.235. The summed E-state index contributed by atoms with van der Waals surface area (Å²) >= 11 is 0. The van der Waals surface area contributed by atoms with Gasteiger partial charge >= 0.3 is 0 Å². The van der Waals surface area contributed by atoms with E-state index in [1.807, 2.05) is 74.3 Å². The highest BCUT2D eigenvalue weighted by Crippen LogP contribution is 2.17. The summed E-state index contributed by atoms with van der Waals surface area (Å²) in [7, 11) is 1.91. The van der Waals surface area contributed by atoms with E-state index in [1.165, 1.54) is 0 Å². The Balaban J connectivity index is 2.01. The zero-order valence-electron chi connectivity index (χ0n) is 12.2. The molecule has 0 atom stereocenters. The number of nitrogens with zero attached hydrogens (tertiary/aromatic N) is 1. The highest BCUT2D eigenvalue weighted by Gasteiger charge is 2.08. The van der Waals surface area contributed by atoms with Crippen LogP contribution in [-0.2, 0) is 4.79 Å². The van der Waals surface area contributed by atoms with Crippen LogP contribution in [0.15, 0.2) is 48.5 Å². The van der Waals surface area contributed by atoms with Crippen molar-refractivity contribution in [1.82, 2.24) is 0 Å². The molecule has 2 aromatic carbocycles. The number of rotatable bonds is 4. The number of carbonyl (C=O) groups excluding carboxylic acids is 1. The maximum Gasteiger partial charge on any atom is 0.243 e. The Morgan fingerprint density at radius 2 is 1.80 bits per heavy atom. The Morgan fingerprint density at radius 1 is 1.10 bits per heavy atom. The van der Waals surface area contributed by atoms with Crippen LogP contribution in [0.4, 0.5) is 11.4 Å². The summed E-state index contributed by atoms with van der Waals surface area (Å²) in [6.45, 7) is 4.35.